The van der Waals surface area contributed by atoms with Crippen molar-refractivity contribution in [2.45, 2.75) is 32.3 Å². The molecule has 0 bridgehead atoms. The number of benzene rings is 1. The van der Waals surface area contributed by atoms with Crippen molar-refractivity contribution in [1.82, 2.24) is 4.90 Å². The maximum atomic E-state index is 13.0. The number of aliphatic hydroxyl groups is 1. The third-order valence-corrected chi connectivity index (χ3v) is 4.71. The van der Waals surface area contributed by atoms with Gasteiger partial charge >= 0.3 is 0 Å². The minimum absolute atomic E-state index is 0.0716. The van der Waals surface area contributed by atoms with Gasteiger partial charge in [0.1, 0.15) is 11.6 Å². The van der Waals surface area contributed by atoms with Crippen LogP contribution in [0.4, 0.5) is 4.39 Å². The molecule has 2 aromatic rings. The zero-order valence-electron chi connectivity index (χ0n) is 13.7. The van der Waals surface area contributed by atoms with E-state index in [-0.39, 0.29) is 17.6 Å². The number of hydrogen-bond donors (Lipinski definition) is 1. The number of aryl methyl sites for hydroxylation is 1. The largest absolute Gasteiger partial charge is 0.456 e. The van der Waals surface area contributed by atoms with Gasteiger partial charge in [0.2, 0.25) is 0 Å². The molecule has 1 amide bonds. The van der Waals surface area contributed by atoms with Crippen molar-refractivity contribution >= 4 is 5.91 Å². The number of hydrogen-bond acceptors (Lipinski definition) is 3. The molecule has 24 heavy (non-hydrogen) atoms. The van der Waals surface area contributed by atoms with Gasteiger partial charge in [0, 0.05) is 19.5 Å². The van der Waals surface area contributed by atoms with E-state index >= 15 is 0 Å². The van der Waals surface area contributed by atoms with Gasteiger partial charge in [0.15, 0.2) is 5.76 Å². The van der Waals surface area contributed by atoms with Gasteiger partial charge in [0.25, 0.3) is 5.91 Å². The van der Waals surface area contributed by atoms with Crippen molar-refractivity contribution in [3.63, 3.8) is 0 Å². The quantitative estimate of drug-likeness (QED) is 0.932. The molecule has 1 aromatic heterocycles. The van der Waals surface area contributed by atoms with Crippen LogP contribution in [0.1, 0.15) is 47.7 Å². The van der Waals surface area contributed by atoms with E-state index in [4.69, 9.17) is 4.42 Å². The highest BCUT2D eigenvalue weighted by Crippen LogP contribution is 2.31. The Bertz CT molecular complexity index is 687. The number of carbonyl (C=O) groups is 1. The van der Waals surface area contributed by atoms with E-state index in [1.807, 2.05) is 13.0 Å². The summed E-state index contributed by atoms with van der Waals surface area (Å²) in [6.45, 7) is 3.16. The molecule has 0 radical (unpaired) electrons. The lowest BCUT2D eigenvalue weighted by molar-refractivity contribution is 0.0441. The summed E-state index contributed by atoms with van der Waals surface area (Å²) in [6, 6.07) is 9.51. The number of nitrogens with zero attached hydrogens (tertiary/aromatic N) is 1. The average Bonchev–Trinajstić information content (AvgIpc) is 3.10. The molecule has 2 heterocycles. The topological polar surface area (TPSA) is 53.7 Å². The van der Waals surface area contributed by atoms with Crippen molar-refractivity contribution < 1.29 is 18.7 Å². The fourth-order valence-electron chi connectivity index (χ4n) is 3.19. The second kappa shape index (κ2) is 7.18. The minimum Gasteiger partial charge on any atom is -0.456 e. The molecule has 1 aliphatic heterocycles. The second-order valence-electron chi connectivity index (χ2n) is 6.25. The predicted molar refractivity (Wildman–Crippen MR) is 88.1 cm³/mol. The van der Waals surface area contributed by atoms with Crippen LogP contribution in [0.25, 0.3) is 0 Å². The molecule has 4 nitrogen and oxygen atoms in total. The molecule has 1 fully saturated rings. The van der Waals surface area contributed by atoms with E-state index in [1.165, 1.54) is 12.1 Å². The molecule has 0 saturated carbocycles. The Labute approximate surface area is 140 Å². The zero-order chi connectivity index (χ0) is 17.1. The van der Waals surface area contributed by atoms with Gasteiger partial charge < -0.3 is 14.4 Å². The van der Waals surface area contributed by atoms with Crippen LogP contribution in [0, 0.1) is 11.7 Å². The molecule has 0 spiro atoms. The molecule has 3 rings (SSSR count). The fraction of sp³-hybridized carbons (Fsp3) is 0.421. The summed E-state index contributed by atoms with van der Waals surface area (Å²) < 4.78 is 18.5. The van der Waals surface area contributed by atoms with Gasteiger partial charge in [-0.25, -0.2) is 4.39 Å². The third kappa shape index (κ3) is 3.51. The molecule has 0 unspecified atom stereocenters. The average molecular weight is 331 g/mol. The first-order valence-corrected chi connectivity index (χ1v) is 8.40. The van der Waals surface area contributed by atoms with E-state index in [9.17, 15) is 14.3 Å². The number of piperidine rings is 1. The van der Waals surface area contributed by atoms with Gasteiger partial charge in [-0.1, -0.05) is 19.1 Å². The third-order valence-electron chi connectivity index (χ3n) is 4.71. The van der Waals surface area contributed by atoms with Crippen LogP contribution in [0.3, 0.4) is 0 Å². The first-order chi connectivity index (χ1) is 11.6. The summed E-state index contributed by atoms with van der Waals surface area (Å²) in [5.41, 5.74) is 0.722. The SMILES string of the molecule is CCc1ccc(C(=O)N2CCC([C@@H](O)c3ccc(F)cc3)CC2)o1. The van der Waals surface area contributed by atoms with E-state index in [0.717, 1.165) is 17.7 Å². The summed E-state index contributed by atoms with van der Waals surface area (Å²) in [6.07, 6.45) is 1.56. The van der Waals surface area contributed by atoms with Crippen LogP contribution in [-0.4, -0.2) is 29.0 Å². The summed E-state index contributed by atoms with van der Waals surface area (Å²) in [5, 5.41) is 10.5. The fourth-order valence-corrected chi connectivity index (χ4v) is 3.19. The molecule has 1 aromatic carbocycles. The zero-order valence-corrected chi connectivity index (χ0v) is 13.7. The van der Waals surface area contributed by atoms with E-state index in [0.29, 0.717) is 31.7 Å². The number of furan rings is 1. The summed E-state index contributed by atoms with van der Waals surface area (Å²) in [4.78, 5) is 14.2. The van der Waals surface area contributed by atoms with Crippen molar-refractivity contribution in [3.8, 4) is 0 Å². The Morgan fingerprint density at radius 3 is 2.50 bits per heavy atom. The van der Waals surface area contributed by atoms with Crippen molar-refractivity contribution in [2.24, 2.45) is 5.92 Å². The van der Waals surface area contributed by atoms with E-state index < -0.39 is 6.10 Å². The van der Waals surface area contributed by atoms with Crippen molar-refractivity contribution in [3.05, 3.63) is 59.3 Å². The summed E-state index contributed by atoms with van der Waals surface area (Å²) in [5.74, 6) is 0.854. The van der Waals surface area contributed by atoms with Crippen LogP contribution in [0.5, 0.6) is 0 Å². The normalized spacial score (nSPS) is 17.0. The molecule has 1 aliphatic rings. The first kappa shape index (κ1) is 16.7. The Morgan fingerprint density at radius 2 is 1.92 bits per heavy atom. The number of halogens is 1. The van der Waals surface area contributed by atoms with Crippen LogP contribution in [0.2, 0.25) is 0 Å². The van der Waals surface area contributed by atoms with Crippen LogP contribution in [0.15, 0.2) is 40.8 Å². The predicted octanol–water partition coefficient (Wildman–Crippen LogP) is 3.57. The molecule has 1 atom stereocenters. The lowest BCUT2D eigenvalue weighted by Gasteiger charge is -2.34. The van der Waals surface area contributed by atoms with Crippen LogP contribution >= 0.6 is 0 Å². The van der Waals surface area contributed by atoms with Crippen LogP contribution in [-0.2, 0) is 6.42 Å². The van der Waals surface area contributed by atoms with Crippen molar-refractivity contribution in [1.29, 1.82) is 0 Å². The standard InChI is InChI=1S/C19H22FNO3/c1-2-16-7-8-17(24-16)19(23)21-11-9-14(10-12-21)18(22)13-3-5-15(20)6-4-13/h3-8,14,18,22H,2,9-12H2,1H3/t18-/m0/s1. The van der Waals surface area contributed by atoms with Crippen molar-refractivity contribution in [2.75, 3.05) is 13.1 Å². The number of aliphatic hydroxyl groups excluding tert-OH is 1. The molecule has 128 valence electrons. The molecular weight excluding hydrogens is 309 g/mol. The Morgan fingerprint density at radius 1 is 1.25 bits per heavy atom. The Balaban J connectivity index is 1.58. The Kier molecular flexibility index (Phi) is 5.00. The lowest BCUT2D eigenvalue weighted by Crippen LogP contribution is -2.39. The van der Waals surface area contributed by atoms with Gasteiger partial charge in [-0.05, 0) is 48.6 Å². The van der Waals surface area contributed by atoms with Gasteiger partial charge in [0.05, 0.1) is 6.10 Å². The van der Waals surface area contributed by atoms with E-state index in [2.05, 4.69) is 0 Å². The second-order valence-corrected chi connectivity index (χ2v) is 6.25. The highest BCUT2D eigenvalue weighted by atomic mass is 19.1. The first-order valence-electron chi connectivity index (χ1n) is 8.40. The minimum atomic E-state index is -0.627. The molecular formula is C19H22FNO3. The highest BCUT2D eigenvalue weighted by molar-refractivity contribution is 5.91. The molecule has 5 heteroatoms. The maximum Gasteiger partial charge on any atom is 0.289 e. The highest BCUT2D eigenvalue weighted by Gasteiger charge is 2.29. The van der Waals surface area contributed by atoms with Gasteiger partial charge in [-0.15, -0.1) is 0 Å². The van der Waals surface area contributed by atoms with E-state index in [1.54, 1.807) is 23.1 Å². The number of amides is 1. The molecule has 1 N–H and O–H groups in total. The van der Waals surface area contributed by atoms with Gasteiger partial charge in [-0.2, -0.15) is 0 Å². The Hall–Kier alpha value is -2.14. The molecule has 1 saturated heterocycles. The lowest BCUT2D eigenvalue weighted by atomic mass is 9.87. The molecule has 0 aliphatic carbocycles. The smallest absolute Gasteiger partial charge is 0.289 e. The number of carbonyl (C=O) groups excluding carboxylic acids is 1. The monoisotopic (exact) mass is 331 g/mol. The maximum absolute atomic E-state index is 13.0. The summed E-state index contributed by atoms with van der Waals surface area (Å²) >= 11 is 0. The summed E-state index contributed by atoms with van der Waals surface area (Å²) in [7, 11) is 0. The van der Waals surface area contributed by atoms with Crippen LogP contribution < -0.4 is 0 Å². The number of likely N-dealkylation sites (tertiary alicyclic amines) is 1. The number of rotatable bonds is 4. The van der Waals surface area contributed by atoms with Gasteiger partial charge in [-0.3, -0.25) is 4.79 Å².